The molecule has 0 aliphatic heterocycles. The van der Waals surface area contributed by atoms with E-state index in [1.807, 2.05) is 50.0 Å². The summed E-state index contributed by atoms with van der Waals surface area (Å²) in [5.41, 5.74) is 3.72. The van der Waals surface area contributed by atoms with Crippen molar-refractivity contribution in [2.24, 2.45) is 7.05 Å². The third kappa shape index (κ3) is 4.17. The van der Waals surface area contributed by atoms with Crippen LogP contribution < -0.4 is 10.6 Å². The second kappa shape index (κ2) is 7.65. The summed E-state index contributed by atoms with van der Waals surface area (Å²) in [5.74, 6) is 0.684. The van der Waals surface area contributed by atoms with Crippen LogP contribution in [0.15, 0.2) is 30.5 Å². The number of nitrogens with one attached hydrogen (secondary N) is 2. The van der Waals surface area contributed by atoms with Crippen LogP contribution in [0.4, 0.5) is 11.5 Å². The number of aryl methyl sites for hydroxylation is 2. The lowest BCUT2D eigenvalue weighted by Gasteiger charge is -2.10. The molecular formula is C17H18Cl2N6S. The first-order valence-corrected chi connectivity index (χ1v) is 9.05. The molecule has 3 aromatic rings. The summed E-state index contributed by atoms with van der Waals surface area (Å²) in [6.45, 7) is 4.51. The zero-order valence-corrected chi connectivity index (χ0v) is 16.9. The van der Waals surface area contributed by atoms with Gasteiger partial charge in [-0.25, -0.2) is 0 Å². The Kier molecular flexibility index (Phi) is 5.50. The number of thiocarbonyl (C=S) groups is 1. The van der Waals surface area contributed by atoms with E-state index in [-0.39, 0.29) is 0 Å². The van der Waals surface area contributed by atoms with E-state index in [4.69, 9.17) is 35.4 Å². The van der Waals surface area contributed by atoms with Crippen LogP contribution in [0, 0.1) is 13.8 Å². The number of benzene rings is 1. The van der Waals surface area contributed by atoms with E-state index in [1.54, 1.807) is 10.7 Å². The molecule has 0 unspecified atom stereocenters. The fraction of sp³-hybridized carbons (Fsp3) is 0.235. The molecule has 0 amide bonds. The Morgan fingerprint density at radius 1 is 1.12 bits per heavy atom. The average Bonchev–Trinajstić information content (AvgIpc) is 3.09. The van der Waals surface area contributed by atoms with Crippen LogP contribution >= 0.6 is 35.4 Å². The third-order valence-electron chi connectivity index (χ3n) is 3.89. The quantitative estimate of drug-likeness (QED) is 0.626. The number of aromatic nitrogens is 4. The fourth-order valence-corrected chi connectivity index (χ4v) is 3.11. The minimum Gasteiger partial charge on any atom is -0.329 e. The Balaban J connectivity index is 1.74. The predicted molar refractivity (Wildman–Crippen MR) is 110 cm³/mol. The first-order valence-electron chi connectivity index (χ1n) is 7.89. The summed E-state index contributed by atoms with van der Waals surface area (Å²) in [7, 11) is 1.85. The van der Waals surface area contributed by atoms with Gasteiger partial charge in [0.1, 0.15) is 0 Å². The molecule has 0 bridgehead atoms. The topological polar surface area (TPSA) is 59.7 Å². The summed E-state index contributed by atoms with van der Waals surface area (Å²) >= 11 is 17.5. The summed E-state index contributed by atoms with van der Waals surface area (Å²) in [5, 5.41) is 16.6. The molecule has 6 nitrogen and oxygen atoms in total. The first kappa shape index (κ1) is 18.7. The van der Waals surface area contributed by atoms with Gasteiger partial charge in [-0.3, -0.25) is 9.36 Å². The average molecular weight is 409 g/mol. The normalized spacial score (nSPS) is 10.8. The lowest BCUT2D eigenvalue weighted by Crippen LogP contribution is -2.20. The Bertz CT molecular complexity index is 962. The van der Waals surface area contributed by atoms with Crippen molar-refractivity contribution in [2.45, 2.75) is 20.4 Å². The van der Waals surface area contributed by atoms with E-state index in [0.29, 0.717) is 27.5 Å². The summed E-state index contributed by atoms with van der Waals surface area (Å²) in [6, 6.07) is 7.42. The summed E-state index contributed by atoms with van der Waals surface area (Å²) in [6.07, 6.45) is 1.84. The van der Waals surface area contributed by atoms with E-state index in [2.05, 4.69) is 20.8 Å². The van der Waals surface area contributed by atoms with Crippen molar-refractivity contribution in [3.8, 4) is 0 Å². The van der Waals surface area contributed by atoms with Gasteiger partial charge in [-0.1, -0.05) is 29.3 Å². The van der Waals surface area contributed by atoms with Crippen LogP contribution in [0.3, 0.4) is 0 Å². The van der Waals surface area contributed by atoms with Crippen LogP contribution in [-0.2, 0) is 13.6 Å². The third-order valence-corrected chi connectivity index (χ3v) is 4.83. The molecule has 0 spiro atoms. The Labute approximate surface area is 167 Å². The molecule has 2 N–H and O–H groups in total. The van der Waals surface area contributed by atoms with Gasteiger partial charge in [-0.15, -0.1) is 0 Å². The number of nitrogens with zero attached hydrogens (tertiary/aromatic N) is 4. The highest BCUT2D eigenvalue weighted by Crippen LogP contribution is 2.25. The molecule has 2 heterocycles. The van der Waals surface area contributed by atoms with Gasteiger partial charge in [0.05, 0.1) is 33.7 Å². The van der Waals surface area contributed by atoms with Gasteiger partial charge in [0, 0.05) is 19.3 Å². The molecular weight excluding hydrogens is 391 g/mol. The van der Waals surface area contributed by atoms with Crippen LogP contribution in [0.1, 0.15) is 17.0 Å². The first-order chi connectivity index (χ1) is 12.3. The van der Waals surface area contributed by atoms with Crippen molar-refractivity contribution in [1.29, 1.82) is 0 Å². The molecule has 0 fully saturated rings. The predicted octanol–water partition coefficient (Wildman–Crippen LogP) is 4.40. The maximum absolute atomic E-state index is 6.10. The van der Waals surface area contributed by atoms with Gasteiger partial charge in [-0.05, 0) is 43.8 Å². The van der Waals surface area contributed by atoms with Gasteiger partial charge in [0.25, 0.3) is 0 Å². The molecule has 0 atom stereocenters. The molecule has 0 aliphatic carbocycles. The summed E-state index contributed by atoms with van der Waals surface area (Å²) in [4.78, 5) is 0. The van der Waals surface area contributed by atoms with E-state index in [9.17, 15) is 0 Å². The smallest absolute Gasteiger partial charge is 0.176 e. The van der Waals surface area contributed by atoms with Gasteiger partial charge in [0.2, 0.25) is 0 Å². The van der Waals surface area contributed by atoms with Crippen molar-refractivity contribution >= 4 is 52.0 Å². The Hall–Kier alpha value is -2.09. The largest absolute Gasteiger partial charge is 0.329 e. The molecule has 26 heavy (non-hydrogen) atoms. The fourth-order valence-electron chi connectivity index (χ4n) is 2.59. The molecule has 1 aromatic carbocycles. The Morgan fingerprint density at radius 2 is 1.88 bits per heavy atom. The maximum atomic E-state index is 6.10. The van der Waals surface area contributed by atoms with E-state index in [1.165, 1.54) is 0 Å². The SMILES string of the molecule is Cc1nn(Cc2ccc(Cl)c(Cl)c2)c(C)c1NC(=S)Nc1ccn(C)n1. The number of halogens is 2. The molecule has 0 aliphatic rings. The Morgan fingerprint density at radius 3 is 2.54 bits per heavy atom. The zero-order chi connectivity index (χ0) is 18.8. The van der Waals surface area contributed by atoms with E-state index in [0.717, 1.165) is 22.6 Å². The highest BCUT2D eigenvalue weighted by atomic mass is 35.5. The molecule has 3 rings (SSSR count). The van der Waals surface area contributed by atoms with Crippen LogP contribution in [-0.4, -0.2) is 24.7 Å². The van der Waals surface area contributed by atoms with Gasteiger partial charge >= 0.3 is 0 Å². The van der Waals surface area contributed by atoms with Crippen molar-refractivity contribution in [3.05, 3.63) is 57.5 Å². The van der Waals surface area contributed by atoms with Crippen molar-refractivity contribution in [1.82, 2.24) is 19.6 Å². The lowest BCUT2D eigenvalue weighted by molar-refractivity contribution is 0.659. The van der Waals surface area contributed by atoms with Gasteiger partial charge in [0.15, 0.2) is 10.9 Å². The molecule has 0 radical (unpaired) electrons. The molecule has 0 saturated carbocycles. The number of hydrogen-bond donors (Lipinski definition) is 2. The lowest BCUT2D eigenvalue weighted by atomic mass is 10.2. The van der Waals surface area contributed by atoms with Crippen molar-refractivity contribution in [3.63, 3.8) is 0 Å². The highest BCUT2D eigenvalue weighted by molar-refractivity contribution is 7.80. The number of hydrogen-bond acceptors (Lipinski definition) is 3. The second-order valence-corrected chi connectivity index (χ2v) is 7.13. The minimum atomic E-state index is 0.462. The molecule has 9 heteroatoms. The molecule has 0 saturated heterocycles. The minimum absolute atomic E-state index is 0.462. The zero-order valence-electron chi connectivity index (χ0n) is 14.5. The maximum Gasteiger partial charge on any atom is 0.176 e. The van der Waals surface area contributed by atoms with E-state index >= 15 is 0 Å². The van der Waals surface area contributed by atoms with Crippen LogP contribution in [0.5, 0.6) is 0 Å². The number of rotatable bonds is 4. The standard InChI is InChI=1S/C17H18Cl2N6S/c1-10-16(21-17(26)20-15-6-7-24(3)23-15)11(2)25(22-10)9-12-4-5-13(18)14(19)8-12/h4-8H,9H2,1-3H3,(H2,20,21,23,26). The molecule has 136 valence electrons. The monoisotopic (exact) mass is 408 g/mol. The highest BCUT2D eigenvalue weighted by Gasteiger charge is 2.14. The molecule has 2 aromatic heterocycles. The number of anilines is 2. The van der Waals surface area contributed by atoms with Crippen molar-refractivity contribution in [2.75, 3.05) is 10.6 Å². The van der Waals surface area contributed by atoms with Crippen LogP contribution in [0.25, 0.3) is 0 Å². The van der Waals surface area contributed by atoms with Crippen molar-refractivity contribution < 1.29 is 0 Å². The van der Waals surface area contributed by atoms with Crippen LogP contribution in [0.2, 0.25) is 10.0 Å². The van der Waals surface area contributed by atoms with E-state index < -0.39 is 0 Å². The van der Waals surface area contributed by atoms with Gasteiger partial charge in [-0.2, -0.15) is 10.2 Å². The second-order valence-electron chi connectivity index (χ2n) is 5.91. The van der Waals surface area contributed by atoms with Gasteiger partial charge < -0.3 is 10.6 Å². The summed E-state index contributed by atoms with van der Waals surface area (Å²) < 4.78 is 3.61.